The van der Waals surface area contributed by atoms with Crippen LogP contribution in [0, 0.1) is 18.6 Å². The average Bonchev–Trinajstić information content (AvgIpc) is 3.56. The largest absolute Gasteiger partial charge is 0.352 e. The molecule has 3 amide bonds. The first kappa shape index (κ1) is 29.0. The third-order valence-corrected chi connectivity index (χ3v) is 8.66. The number of para-hydroxylation sites is 1. The van der Waals surface area contributed by atoms with Crippen molar-refractivity contribution in [3.8, 4) is 11.3 Å². The van der Waals surface area contributed by atoms with E-state index in [1.807, 2.05) is 19.9 Å². The van der Waals surface area contributed by atoms with Gasteiger partial charge in [-0.2, -0.15) is 4.98 Å². The molecule has 11 heteroatoms. The highest BCUT2D eigenvalue weighted by Crippen LogP contribution is 2.40. The fourth-order valence-electron chi connectivity index (χ4n) is 6.32. The minimum atomic E-state index is -0.873. The molecule has 0 aliphatic carbocycles. The second-order valence-corrected chi connectivity index (χ2v) is 11.5. The van der Waals surface area contributed by atoms with Gasteiger partial charge in [-0.3, -0.25) is 4.79 Å². The molecule has 6 rings (SSSR count). The number of aromatic nitrogens is 2. The number of hydrogen-bond donors (Lipinski definition) is 2. The number of hydrogen-bond acceptors (Lipinski definition) is 6. The molecule has 0 atom stereocenters. The summed E-state index contributed by atoms with van der Waals surface area (Å²) >= 11 is 0. The first-order valence-electron chi connectivity index (χ1n) is 15.2. The normalized spacial score (nSPS) is 17.6. The molecule has 9 nitrogen and oxygen atoms in total. The molecule has 0 radical (unpaired) electrons. The fourth-order valence-corrected chi connectivity index (χ4v) is 6.32. The van der Waals surface area contributed by atoms with Gasteiger partial charge in [-0.05, 0) is 81.9 Å². The van der Waals surface area contributed by atoms with Gasteiger partial charge in [-0.1, -0.05) is 19.1 Å². The maximum atomic E-state index is 15.1. The predicted octanol–water partition coefficient (Wildman–Crippen LogP) is 5.30. The number of aryl methyl sites for hydroxylation is 1. The number of rotatable bonds is 7. The molecule has 2 fully saturated rings. The lowest BCUT2D eigenvalue weighted by atomic mass is 9.97. The first-order chi connectivity index (χ1) is 20.9. The van der Waals surface area contributed by atoms with Gasteiger partial charge in [0.15, 0.2) is 5.82 Å². The number of carbonyl (C=O) groups excluding carboxylic acids is 2. The number of fused-ring (bicyclic) bond motifs is 1. The van der Waals surface area contributed by atoms with E-state index in [2.05, 4.69) is 20.4 Å². The Morgan fingerprint density at radius 3 is 2.47 bits per heavy atom. The number of amides is 3. The highest BCUT2D eigenvalue weighted by molar-refractivity contribution is 6.02. The summed E-state index contributed by atoms with van der Waals surface area (Å²) < 4.78 is 30.2. The Bertz CT molecular complexity index is 1510. The second kappa shape index (κ2) is 12.2. The highest BCUT2D eigenvalue weighted by Gasteiger charge is 2.36. The molecule has 3 aliphatic rings. The van der Waals surface area contributed by atoms with Gasteiger partial charge in [0.25, 0.3) is 5.91 Å². The minimum absolute atomic E-state index is 0.0685. The third kappa shape index (κ3) is 5.65. The van der Waals surface area contributed by atoms with Crippen molar-refractivity contribution in [3.05, 3.63) is 64.7 Å². The Hall–Kier alpha value is -4.12. The summed E-state index contributed by atoms with van der Waals surface area (Å²) in [6.45, 7) is 8.23. The van der Waals surface area contributed by atoms with E-state index < -0.39 is 23.4 Å². The smallest absolute Gasteiger partial charge is 0.328 e. The van der Waals surface area contributed by atoms with Crippen molar-refractivity contribution in [2.45, 2.75) is 58.5 Å². The zero-order valence-corrected chi connectivity index (χ0v) is 24.6. The van der Waals surface area contributed by atoms with Crippen molar-refractivity contribution in [2.24, 2.45) is 0 Å². The van der Waals surface area contributed by atoms with E-state index >= 15 is 8.78 Å². The fraction of sp³-hybridized carbons (Fsp3) is 0.438. The summed E-state index contributed by atoms with van der Waals surface area (Å²) in [6.07, 6.45) is 5.18. The number of nitrogens with zero attached hydrogens (tertiary/aromatic N) is 5. The number of benzene rings is 2. The van der Waals surface area contributed by atoms with Crippen molar-refractivity contribution in [2.75, 3.05) is 42.5 Å². The van der Waals surface area contributed by atoms with Gasteiger partial charge in [0.1, 0.15) is 17.3 Å². The Balaban J connectivity index is 1.47. The molecule has 0 bridgehead atoms. The topological polar surface area (TPSA) is 93.7 Å². The lowest BCUT2D eigenvalue weighted by Gasteiger charge is -2.37. The molecular formula is C32H37F2N7O2. The quantitative estimate of drug-likeness (QED) is 0.389. The Kier molecular flexibility index (Phi) is 8.25. The summed E-state index contributed by atoms with van der Waals surface area (Å²) in [5, 5.41) is 5.66. The maximum Gasteiger partial charge on any atom is 0.328 e. The molecule has 3 aliphatic heterocycles. The van der Waals surface area contributed by atoms with Crippen molar-refractivity contribution < 1.29 is 18.4 Å². The Morgan fingerprint density at radius 1 is 1.05 bits per heavy atom. The van der Waals surface area contributed by atoms with Crippen molar-refractivity contribution in [1.82, 2.24) is 25.5 Å². The average molecular weight is 590 g/mol. The summed E-state index contributed by atoms with van der Waals surface area (Å²) in [5.41, 5.74) is 2.59. The molecule has 4 heterocycles. The molecule has 0 saturated carbocycles. The molecule has 2 aromatic carbocycles. The summed E-state index contributed by atoms with van der Waals surface area (Å²) in [5.74, 6) is -1.41. The van der Waals surface area contributed by atoms with Crippen molar-refractivity contribution in [1.29, 1.82) is 0 Å². The zero-order valence-electron chi connectivity index (χ0n) is 24.6. The van der Waals surface area contributed by atoms with Crippen molar-refractivity contribution in [3.63, 3.8) is 0 Å². The molecule has 43 heavy (non-hydrogen) atoms. The van der Waals surface area contributed by atoms with Crippen LogP contribution in [0.3, 0.4) is 0 Å². The van der Waals surface area contributed by atoms with E-state index in [1.54, 1.807) is 12.1 Å². The van der Waals surface area contributed by atoms with Crippen LogP contribution >= 0.6 is 0 Å². The molecule has 2 N–H and O–H groups in total. The SMILES string of the molecule is CCCNC(=O)c1ccc(C)c(-c2nc(N3CCC(N4CCCC4)CC3)nc3c2CNC(=O)N3c2c(F)cccc2F)c1. The molecule has 2 saturated heterocycles. The van der Waals surface area contributed by atoms with Crippen LogP contribution in [0.2, 0.25) is 0 Å². The Labute approximate surface area is 250 Å². The van der Waals surface area contributed by atoms with Crippen LogP contribution in [0.15, 0.2) is 36.4 Å². The van der Waals surface area contributed by atoms with Gasteiger partial charge in [0.2, 0.25) is 5.95 Å². The lowest BCUT2D eigenvalue weighted by molar-refractivity contribution is 0.0953. The maximum absolute atomic E-state index is 15.1. The minimum Gasteiger partial charge on any atom is -0.352 e. The van der Waals surface area contributed by atoms with Crippen LogP contribution in [0.1, 0.15) is 60.5 Å². The van der Waals surface area contributed by atoms with Gasteiger partial charge < -0.3 is 20.4 Å². The number of urea groups is 1. The van der Waals surface area contributed by atoms with Crippen LogP contribution in [0.4, 0.5) is 31.0 Å². The van der Waals surface area contributed by atoms with E-state index in [-0.39, 0.29) is 18.3 Å². The van der Waals surface area contributed by atoms with Crippen molar-refractivity contribution >= 4 is 29.4 Å². The first-order valence-corrected chi connectivity index (χ1v) is 15.2. The molecule has 226 valence electrons. The van der Waals surface area contributed by atoms with E-state index in [0.29, 0.717) is 40.9 Å². The third-order valence-electron chi connectivity index (χ3n) is 8.66. The standard InChI is InChI=1S/C32H37F2N7O2/c1-3-13-35-30(42)21-10-9-20(2)23(18-21)27-24-19-36-32(43)41(28-25(33)7-6-8-26(28)34)29(24)38-31(37-27)40-16-11-22(12-17-40)39-14-4-5-15-39/h6-10,18,22H,3-5,11-17,19H2,1-2H3,(H,35,42)(H,36,43). The van der Waals surface area contributed by atoms with Crippen LogP contribution in [0.5, 0.6) is 0 Å². The van der Waals surface area contributed by atoms with Gasteiger partial charge in [0.05, 0.1) is 12.2 Å². The van der Waals surface area contributed by atoms with Crippen LogP contribution in [-0.4, -0.2) is 65.6 Å². The number of anilines is 3. The van der Waals surface area contributed by atoms with Gasteiger partial charge >= 0.3 is 6.03 Å². The summed E-state index contributed by atoms with van der Waals surface area (Å²) in [6, 6.07) is 8.75. The zero-order chi connectivity index (χ0) is 30.1. The lowest BCUT2D eigenvalue weighted by Crippen LogP contribution is -2.45. The summed E-state index contributed by atoms with van der Waals surface area (Å²) in [4.78, 5) is 41.6. The van der Waals surface area contributed by atoms with E-state index in [9.17, 15) is 9.59 Å². The molecule has 3 aromatic rings. The highest BCUT2D eigenvalue weighted by atomic mass is 19.1. The van der Waals surface area contributed by atoms with Gasteiger partial charge in [0, 0.05) is 42.4 Å². The number of piperidine rings is 1. The van der Waals surface area contributed by atoms with Crippen LogP contribution in [0.25, 0.3) is 11.3 Å². The Morgan fingerprint density at radius 2 is 1.77 bits per heavy atom. The van der Waals surface area contributed by atoms with E-state index in [4.69, 9.17) is 9.97 Å². The second-order valence-electron chi connectivity index (χ2n) is 11.5. The molecule has 1 aromatic heterocycles. The monoisotopic (exact) mass is 589 g/mol. The van der Waals surface area contributed by atoms with Gasteiger partial charge in [-0.25, -0.2) is 23.5 Å². The number of likely N-dealkylation sites (tertiary alicyclic amines) is 1. The number of nitrogens with one attached hydrogen (secondary N) is 2. The molecular weight excluding hydrogens is 552 g/mol. The van der Waals surface area contributed by atoms with Crippen LogP contribution in [-0.2, 0) is 6.54 Å². The predicted molar refractivity (Wildman–Crippen MR) is 162 cm³/mol. The summed E-state index contributed by atoms with van der Waals surface area (Å²) in [7, 11) is 0. The molecule has 0 spiro atoms. The van der Waals surface area contributed by atoms with E-state index in [1.165, 1.54) is 18.9 Å². The van der Waals surface area contributed by atoms with Crippen LogP contribution < -0.4 is 20.4 Å². The molecule has 0 unspecified atom stereocenters. The number of carbonyl (C=O) groups is 2. The number of halogens is 2. The van der Waals surface area contributed by atoms with Gasteiger partial charge in [-0.15, -0.1) is 0 Å². The van der Waals surface area contributed by atoms with E-state index in [0.717, 1.165) is 68.0 Å².